The van der Waals surface area contributed by atoms with Crippen molar-refractivity contribution in [3.63, 3.8) is 0 Å². The van der Waals surface area contributed by atoms with Crippen LogP contribution in [-0.4, -0.2) is 46.8 Å². The Balaban J connectivity index is 0.000000207. The summed E-state index contributed by atoms with van der Waals surface area (Å²) in [7, 11) is 3.96. The predicted octanol–water partition coefficient (Wildman–Crippen LogP) is 6.56. The molecule has 1 atom stereocenters. The highest BCUT2D eigenvalue weighted by atomic mass is 16.5. The zero-order valence-electron chi connectivity index (χ0n) is 22.5. The van der Waals surface area contributed by atoms with Crippen LogP contribution in [-0.2, 0) is 4.74 Å². The van der Waals surface area contributed by atoms with Gasteiger partial charge in [0.15, 0.2) is 0 Å². The van der Waals surface area contributed by atoms with Gasteiger partial charge in [-0.2, -0.15) is 0 Å². The van der Waals surface area contributed by atoms with E-state index in [0.717, 1.165) is 35.1 Å². The monoisotopic (exact) mass is 502 g/mol. The van der Waals surface area contributed by atoms with Crippen LogP contribution in [0.5, 0.6) is 5.75 Å². The fraction of sp³-hybridized carbons (Fsp3) is 0.367. The first kappa shape index (κ1) is 27.7. The Kier molecular flexibility index (Phi) is 10.1. The zero-order valence-corrected chi connectivity index (χ0v) is 22.5. The number of phenolic OH excluding ortho intramolecular Hbond substituents is 1. The van der Waals surface area contributed by atoms with E-state index >= 15 is 0 Å². The molecule has 0 bridgehead atoms. The molecular weight excluding hydrogens is 464 g/mol. The lowest BCUT2D eigenvalue weighted by molar-refractivity contribution is 0.0428. The fourth-order valence-electron chi connectivity index (χ4n) is 3.83. The molecule has 0 amide bonds. The molecule has 3 aromatic carbocycles. The Hall–Kier alpha value is -3.87. The lowest BCUT2D eigenvalue weighted by Crippen LogP contribution is -2.14. The van der Waals surface area contributed by atoms with Crippen molar-refractivity contribution in [1.29, 1.82) is 0 Å². The van der Waals surface area contributed by atoms with Crippen LogP contribution < -0.4 is 4.90 Å². The molecule has 0 aliphatic heterocycles. The van der Waals surface area contributed by atoms with E-state index in [1.807, 2.05) is 86.6 Å². The van der Waals surface area contributed by atoms with Crippen molar-refractivity contribution in [2.75, 3.05) is 25.6 Å². The predicted molar refractivity (Wildman–Crippen MR) is 150 cm³/mol. The summed E-state index contributed by atoms with van der Waals surface area (Å²) in [6.45, 7) is 6.84. The van der Waals surface area contributed by atoms with Gasteiger partial charge in [-0.25, -0.2) is 4.79 Å². The Morgan fingerprint density at radius 1 is 1.00 bits per heavy atom. The minimum atomic E-state index is -0.217. The molecule has 0 fully saturated rings. The molecule has 1 heterocycles. The molecule has 0 spiro atoms. The van der Waals surface area contributed by atoms with Gasteiger partial charge in [0.25, 0.3) is 0 Å². The van der Waals surface area contributed by atoms with Crippen molar-refractivity contribution in [2.45, 2.75) is 46.5 Å². The number of nitrogens with zero attached hydrogens (tertiary/aromatic N) is 4. The Bertz CT molecular complexity index is 1250. The van der Waals surface area contributed by atoms with Gasteiger partial charge in [-0.3, -0.25) is 0 Å². The number of hydrogen-bond donors (Lipinski definition) is 1. The molecule has 196 valence electrons. The number of aromatic hydroxyl groups is 1. The lowest BCUT2D eigenvalue weighted by Gasteiger charge is -2.15. The molecule has 0 saturated carbocycles. The van der Waals surface area contributed by atoms with E-state index in [0.29, 0.717) is 23.8 Å². The minimum Gasteiger partial charge on any atom is -0.506 e. The molecule has 0 aliphatic carbocycles. The normalized spacial score (nSPS) is 11.5. The number of phenols is 1. The lowest BCUT2D eigenvalue weighted by atomic mass is 10.0. The highest BCUT2D eigenvalue weighted by Gasteiger charge is 2.12. The number of benzene rings is 3. The first-order chi connectivity index (χ1) is 17.8. The van der Waals surface area contributed by atoms with E-state index in [1.54, 1.807) is 6.07 Å². The third-order valence-electron chi connectivity index (χ3n) is 6.25. The summed E-state index contributed by atoms with van der Waals surface area (Å²) in [4.78, 5) is 15.5. The summed E-state index contributed by atoms with van der Waals surface area (Å²) in [5.74, 6) is 0.445. The SMILES string of the molecule is CCCCC(CC)COC(=O)c1ccc(N(C)C)cc1.Cc1ccc(O)c(-n2nc3ccccc3n2)c1. The van der Waals surface area contributed by atoms with Crippen molar-refractivity contribution in [3.05, 3.63) is 77.9 Å². The van der Waals surface area contributed by atoms with Crippen molar-refractivity contribution >= 4 is 22.7 Å². The highest BCUT2D eigenvalue weighted by Crippen LogP contribution is 2.22. The van der Waals surface area contributed by atoms with Crippen LogP contribution in [0.4, 0.5) is 5.69 Å². The fourth-order valence-corrected chi connectivity index (χ4v) is 3.83. The van der Waals surface area contributed by atoms with E-state index in [4.69, 9.17) is 4.74 Å². The van der Waals surface area contributed by atoms with Gasteiger partial charge < -0.3 is 14.7 Å². The number of ether oxygens (including phenoxy) is 1. The van der Waals surface area contributed by atoms with Gasteiger partial charge in [0, 0.05) is 19.8 Å². The number of fused-ring (bicyclic) bond motifs is 1. The summed E-state index contributed by atoms with van der Waals surface area (Å²) in [6.07, 6.45) is 4.59. The van der Waals surface area contributed by atoms with Crippen LogP contribution in [0.25, 0.3) is 16.7 Å². The van der Waals surface area contributed by atoms with Gasteiger partial charge in [-0.1, -0.05) is 51.3 Å². The van der Waals surface area contributed by atoms with Gasteiger partial charge in [-0.05, 0) is 73.4 Å². The van der Waals surface area contributed by atoms with E-state index < -0.39 is 0 Å². The van der Waals surface area contributed by atoms with Crippen molar-refractivity contribution < 1.29 is 14.6 Å². The molecule has 1 N–H and O–H groups in total. The Morgan fingerprint density at radius 3 is 2.22 bits per heavy atom. The largest absolute Gasteiger partial charge is 0.506 e. The molecule has 0 radical (unpaired) electrons. The number of rotatable bonds is 9. The Morgan fingerprint density at radius 2 is 1.65 bits per heavy atom. The third kappa shape index (κ3) is 7.81. The van der Waals surface area contributed by atoms with E-state index in [-0.39, 0.29) is 11.7 Å². The van der Waals surface area contributed by atoms with Crippen LogP contribution in [0.2, 0.25) is 0 Å². The average molecular weight is 503 g/mol. The molecule has 7 heteroatoms. The number of carbonyl (C=O) groups is 1. The third-order valence-corrected chi connectivity index (χ3v) is 6.25. The second-order valence-corrected chi connectivity index (χ2v) is 9.43. The number of esters is 1. The number of hydrogen-bond acceptors (Lipinski definition) is 6. The smallest absolute Gasteiger partial charge is 0.338 e. The van der Waals surface area contributed by atoms with Crippen molar-refractivity contribution in [1.82, 2.24) is 15.0 Å². The van der Waals surface area contributed by atoms with Crippen LogP contribution in [0, 0.1) is 12.8 Å². The van der Waals surface area contributed by atoms with Crippen LogP contribution in [0.3, 0.4) is 0 Å². The maximum atomic E-state index is 12.0. The van der Waals surface area contributed by atoms with Crippen LogP contribution >= 0.6 is 0 Å². The van der Waals surface area contributed by atoms with Crippen LogP contribution in [0.15, 0.2) is 66.7 Å². The molecule has 1 aromatic heterocycles. The van der Waals surface area contributed by atoms with E-state index in [2.05, 4.69) is 24.0 Å². The number of aromatic nitrogens is 3. The standard InChI is InChI=1S/C17H27NO2.C13H11N3O/c1-5-7-8-14(6-2)13-20-17(19)15-9-11-16(12-10-15)18(3)4;1-9-6-7-13(17)12(8-9)16-14-10-4-2-3-5-11(10)15-16/h9-12,14H,5-8,13H2,1-4H3;2-8,17H,1H3. The molecule has 0 aliphatic rings. The van der Waals surface area contributed by atoms with Crippen molar-refractivity contribution in [2.24, 2.45) is 5.92 Å². The van der Waals surface area contributed by atoms with Gasteiger partial charge in [0.05, 0.1) is 12.2 Å². The molecule has 37 heavy (non-hydrogen) atoms. The van der Waals surface area contributed by atoms with Gasteiger partial charge in [0.2, 0.25) is 0 Å². The molecule has 0 saturated heterocycles. The minimum absolute atomic E-state index is 0.177. The van der Waals surface area contributed by atoms with E-state index in [9.17, 15) is 9.90 Å². The quantitative estimate of drug-likeness (QED) is 0.261. The summed E-state index contributed by atoms with van der Waals surface area (Å²) in [5, 5.41) is 18.5. The average Bonchev–Trinajstić information content (AvgIpc) is 3.34. The van der Waals surface area contributed by atoms with Gasteiger partial charge in [-0.15, -0.1) is 15.0 Å². The summed E-state index contributed by atoms with van der Waals surface area (Å²) >= 11 is 0. The second-order valence-electron chi connectivity index (χ2n) is 9.43. The van der Waals surface area contributed by atoms with Crippen molar-refractivity contribution in [3.8, 4) is 11.4 Å². The topological polar surface area (TPSA) is 80.5 Å². The molecule has 7 nitrogen and oxygen atoms in total. The highest BCUT2D eigenvalue weighted by molar-refractivity contribution is 5.89. The summed E-state index contributed by atoms with van der Waals surface area (Å²) < 4.78 is 5.43. The summed E-state index contributed by atoms with van der Waals surface area (Å²) in [6, 6.07) is 20.5. The Labute approximate surface area is 219 Å². The van der Waals surface area contributed by atoms with Crippen LogP contribution in [0.1, 0.15) is 55.5 Å². The summed E-state index contributed by atoms with van der Waals surface area (Å²) in [5.41, 5.74) is 4.99. The number of anilines is 1. The number of aryl methyl sites for hydroxylation is 1. The van der Waals surface area contributed by atoms with Gasteiger partial charge >= 0.3 is 5.97 Å². The first-order valence-electron chi connectivity index (χ1n) is 12.9. The number of carbonyl (C=O) groups excluding carboxylic acids is 1. The maximum absolute atomic E-state index is 12.0. The molecule has 4 aromatic rings. The zero-order chi connectivity index (χ0) is 26.8. The second kappa shape index (κ2) is 13.4. The molecule has 4 rings (SSSR count). The maximum Gasteiger partial charge on any atom is 0.338 e. The number of unbranched alkanes of at least 4 members (excludes halogenated alkanes) is 1. The molecule has 1 unspecified atom stereocenters. The van der Waals surface area contributed by atoms with E-state index in [1.165, 1.54) is 17.6 Å². The molecular formula is C30H38N4O3. The first-order valence-corrected chi connectivity index (χ1v) is 12.9. The van der Waals surface area contributed by atoms with Gasteiger partial charge in [0.1, 0.15) is 22.5 Å².